The first-order valence-corrected chi connectivity index (χ1v) is 18.8. The molecular formula is C34H50ClFN6O9S. The van der Waals surface area contributed by atoms with Crippen molar-refractivity contribution >= 4 is 46.3 Å². The van der Waals surface area contributed by atoms with Crippen LogP contribution in [-0.4, -0.2) is 121 Å². The highest BCUT2D eigenvalue weighted by Gasteiger charge is 2.23. The van der Waals surface area contributed by atoms with Crippen LogP contribution in [0.4, 0.5) is 4.39 Å². The number of amides is 2. The Labute approximate surface area is 311 Å². The number of carbonyl (C=O) groups is 2. The molecule has 0 bridgehead atoms. The number of alkyl halides is 1. The van der Waals surface area contributed by atoms with Crippen LogP contribution in [-0.2, 0) is 46.9 Å². The number of aromatic nitrogens is 4. The summed E-state index contributed by atoms with van der Waals surface area (Å²) in [6.45, 7) is 6.19. The molecular weight excluding hydrogens is 723 g/mol. The minimum Gasteiger partial charge on any atom is -0.379 e. The van der Waals surface area contributed by atoms with Crippen molar-refractivity contribution in [1.82, 2.24) is 29.7 Å². The Kier molecular flexibility index (Phi) is 20.6. The Morgan fingerprint density at radius 3 is 2.06 bits per heavy atom. The fourth-order valence-corrected chi connectivity index (χ4v) is 5.97. The number of H-pyrrole nitrogens is 1. The molecule has 15 nitrogen and oxygen atoms in total. The van der Waals surface area contributed by atoms with Crippen LogP contribution in [0.15, 0.2) is 39.0 Å². The molecule has 3 rings (SSSR count). The van der Waals surface area contributed by atoms with E-state index in [0.717, 1.165) is 48.6 Å². The van der Waals surface area contributed by atoms with Gasteiger partial charge in [-0.25, -0.2) is 14.2 Å². The zero-order valence-corrected chi connectivity index (χ0v) is 31.4. The third kappa shape index (κ3) is 15.7. The smallest absolute Gasteiger partial charge is 0.329 e. The summed E-state index contributed by atoms with van der Waals surface area (Å²) >= 11 is 6.78. The van der Waals surface area contributed by atoms with Gasteiger partial charge in [-0.3, -0.25) is 23.9 Å². The Bertz CT molecular complexity index is 1620. The van der Waals surface area contributed by atoms with Crippen molar-refractivity contribution in [2.24, 2.45) is 7.05 Å². The molecule has 0 radical (unpaired) electrons. The number of fused-ring (bicyclic) bond motifs is 1. The number of ether oxygens (including phenoxy) is 5. The summed E-state index contributed by atoms with van der Waals surface area (Å²) in [6.07, 6.45) is 4.36. The lowest BCUT2D eigenvalue weighted by Crippen LogP contribution is -2.48. The van der Waals surface area contributed by atoms with E-state index in [-0.39, 0.29) is 36.6 Å². The number of aromatic amines is 1. The summed E-state index contributed by atoms with van der Waals surface area (Å²) in [7, 11) is 1.34. The van der Waals surface area contributed by atoms with Crippen molar-refractivity contribution in [1.29, 1.82) is 0 Å². The van der Waals surface area contributed by atoms with Crippen LogP contribution in [0.2, 0.25) is 0 Å². The van der Waals surface area contributed by atoms with E-state index in [0.29, 0.717) is 69.5 Å². The molecule has 0 unspecified atom stereocenters. The normalized spacial score (nSPS) is 12.0. The Morgan fingerprint density at radius 1 is 0.885 bits per heavy atom. The second kappa shape index (κ2) is 24.8. The lowest BCUT2D eigenvalue weighted by Gasteiger charge is -2.17. The van der Waals surface area contributed by atoms with Gasteiger partial charge in [-0.15, -0.1) is 11.6 Å². The van der Waals surface area contributed by atoms with E-state index in [1.807, 2.05) is 0 Å². The van der Waals surface area contributed by atoms with Gasteiger partial charge in [0.15, 0.2) is 10.7 Å². The molecule has 2 aromatic heterocycles. The van der Waals surface area contributed by atoms with E-state index in [1.165, 1.54) is 26.1 Å². The average molecular weight is 773 g/mol. The van der Waals surface area contributed by atoms with Gasteiger partial charge in [0.05, 0.1) is 66.0 Å². The summed E-state index contributed by atoms with van der Waals surface area (Å²) in [5.41, 5.74) is -0.299. The number of imidazole rings is 1. The minimum absolute atomic E-state index is 0.0310. The predicted octanol–water partition coefficient (Wildman–Crippen LogP) is 2.21. The highest BCUT2D eigenvalue weighted by molar-refractivity contribution is 7.99. The second-order valence-corrected chi connectivity index (χ2v) is 13.0. The summed E-state index contributed by atoms with van der Waals surface area (Å²) in [5, 5.41) is 5.72. The lowest BCUT2D eigenvalue weighted by molar-refractivity contribution is -0.127. The quantitative estimate of drug-likeness (QED) is 0.0561. The van der Waals surface area contributed by atoms with Gasteiger partial charge in [0.25, 0.3) is 5.56 Å². The Morgan fingerprint density at radius 2 is 1.46 bits per heavy atom. The number of nitrogens with zero attached hydrogens (tertiary/aromatic N) is 3. The van der Waals surface area contributed by atoms with Crippen molar-refractivity contribution in [2.75, 3.05) is 84.2 Å². The highest BCUT2D eigenvalue weighted by Crippen LogP contribution is 2.23. The number of hydrogen-bond donors (Lipinski definition) is 3. The zero-order chi connectivity index (χ0) is 37.6. The molecule has 0 aliphatic rings. The number of hydrogen-bond acceptors (Lipinski definition) is 11. The largest absolute Gasteiger partial charge is 0.379 e. The van der Waals surface area contributed by atoms with Crippen molar-refractivity contribution in [2.45, 2.75) is 50.4 Å². The van der Waals surface area contributed by atoms with Crippen LogP contribution >= 0.6 is 23.4 Å². The number of unbranched alkanes of at least 4 members (excludes halogenated alkanes) is 3. The first-order valence-electron chi connectivity index (χ1n) is 17.3. The molecule has 2 heterocycles. The average Bonchev–Trinajstić information content (AvgIpc) is 3.46. The molecule has 52 heavy (non-hydrogen) atoms. The van der Waals surface area contributed by atoms with Gasteiger partial charge in [0.1, 0.15) is 17.5 Å². The van der Waals surface area contributed by atoms with E-state index in [2.05, 4.69) is 20.6 Å². The Hall–Kier alpha value is -3.32. The van der Waals surface area contributed by atoms with Gasteiger partial charge in [-0.05, 0) is 30.5 Å². The first kappa shape index (κ1) is 43.1. The van der Waals surface area contributed by atoms with Gasteiger partial charge in [-0.2, -0.15) is 0 Å². The van der Waals surface area contributed by atoms with Gasteiger partial charge in [0, 0.05) is 38.8 Å². The molecule has 18 heteroatoms. The van der Waals surface area contributed by atoms with Crippen molar-refractivity contribution < 1.29 is 37.7 Å². The maximum Gasteiger partial charge on any atom is 0.329 e. The van der Waals surface area contributed by atoms with E-state index in [1.54, 1.807) is 16.7 Å². The highest BCUT2D eigenvalue weighted by atomic mass is 35.5. The zero-order valence-electron chi connectivity index (χ0n) is 29.8. The van der Waals surface area contributed by atoms with Crippen LogP contribution in [0.1, 0.15) is 38.2 Å². The third-order valence-corrected chi connectivity index (χ3v) is 8.84. The van der Waals surface area contributed by atoms with Crippen LogP contribution in [0.3, 0.4) is 0 Å². The van der Waals surface area contributed by atoms with Crippen LogP contribution in [0.5, 0.6) is 0 Å². The number of halogens is 2. The molecule has 0 aliphatic heterocycles. The van der Waals surface area contributed by atoms with Crippen LogP contribution in [0, 0.1) is 5.82 Å². The monoisotopic (exact) mass is 772 g/mol. The molecule has 1 atom stereocenters. The van der Waals surface area contributed by atoms with Gasteiger partial charge >= 0.3 is 5.69 Å². The molecule has 0 saturated carbocycles. The van der Waals surface area contributed by atoms with E-state index < -0.39 is 34.9 Å². The predicted molar refractivity (Wildman–Crippen MR) is 196 cm³/mol. The van der Waals surface area contributed by atoms with Crippen LogP contribution in [0.25, 0.3) is 11.2 Å². The fourth-order valence-electron chi connectivity index (χ4n) is 4.76. The minimum atomic E-state index is -0.938. The number of benzene rings is 1. The van der Waals surface area contributed by atoms with Crippen molar-refractivity contribution in [3.05, 3.63) is 56.5 Å². The van der Waals surface area contributed by atoms with E-state index >= 15 is 0 Å². The molecule has 3 N–H and O–H groups in total. The molecule has 0 spiro atoms. The summed E-state index contributed by atoms with van der Waals surface area (Å²) < 4.78 is 43.6. The first-order chi connectivity index (χ1) is 25.2. The molecule has 290 valence electrons. The number of carbonyl (C=O) groups excluding carboxylic acids is 2. The summed E-state index contributed by atoms with van der Waals surface area (Å²) in [5.74, 6) is -0.470. The molecule has 0 fully saturated rings. The van der Waals surface area contributed by atoms with Gasteiger partial charge in [-0.1, -0.05) is 36.7 Å². The maximum absolute atomic E-state index is 13.5. The molecule has 0 saturated heterocycles. The van der Waals surface area contributed by atoms with Gasteiger partial charge in [0.2, 0.25) is 11.8 Å². The molecule has 2 amide bonds. The Balaban J connectivity index is 1.33. The summed E-state index contributed by atoms with van der Waals surface area (Å²) in [4.78, 5) is 57.3. The van der Waals surface area contributed by atoms with Crippen molar-refractivity contribution in [3.63, 3.8) is 0 Å². The van der Waals surface area contributed by atoms with Crippen LogP contribution < -0.4 is 21.9 Å². The maximum atomic E-state index is 13.5. The fraction of sp³-hybridized carbons (Fsp3) is 0.618. The number of rotatable bonds is 28. The molecule has 1 aromatic carbocycles. The topological polar surface area (TPSA) is 177 Å². The van der Waals surface area contributed by atoms with Gasteiger partial charge < -0.3 is 38.9 Å². The van der Waals surface area contributed by atoms with E-state index in [9.17, 15) is 23.6 Å². The lowest BCUT2D eigenvalue weighted by atomic mass is 10.2. The second-order valence-electron chi connectivity index (χ2n) is 11.6. The SMILES string of the molecule is CC(=O)N[C@@H](CSc1nc2c(=O)n(C)c(=O)[nH]c2n1Cc1ccc(F)cc1)C(=O)NCCOCCOCCOCCOCCOCCCCCCCl. The third-order valence-electron chi connectivity index (χ3n) is 7.50. The number of thioether (sulfide) groups is 1. The standard InChI is InChI=1S/C34H50ClFN6O9S/c1-25(43)38-28(24-52-34-39-29-30(40-33(46)41(2)32(29)45)42(34)23-26-7-9-27(36)10-8-26)31(44)37-12-14-48-16-18-50-20-22-51-21-19-49-17-15-47-13-6-4-3-5-11-35/h7-10,28H,3-6,11-24H2,1-2H3,(H,37,44)(H,38,43)(H,40,46)/t28-/m0/s1. The van der Waals surface area contributed by atoms with Crippen molar-refractivity contribution in [3.8, 4) is 0 Å². The molecule has 0 aliphatic carbocycles. The molecule has 3 aromatic rings. The summed E-state index contributed by atoms with van der Waals surface area (Å²) in [6, 6.07) is 4.83. The number of nitrogens with one attached hydrogen (secondary N) is 3. The van der Waals surface area contributed by atoms with E-state index in [4.69, 9.17) is 35.3 Å².